The van der Waals surface area contributed by atoms with E-state index in [0.29, 0.717) is 6.54 Å². The van der Waals surface area contributed by atoms with Crippen LogP contribution in [0.4, 0.5) is 4.79 Å². The molecule has 0 fully saturated rings. The van der Waals surface area contributed by atoms with Gasteiger partial charge in [0.25, 0.3) is 0 Å². The Balaban J connectivity index is 1.71. The van der Waals surface area contributed by atoms with Gasteiger partial charge in [0, 0.05) is 13.1 Å². The van der Waals surface area contributed by atoms with Crippen molar-refractivity contribution in [2.24, 2.45) is 0 Å². The topological polar surface area (TPSA) is 59.6 Å². The van der Waals surface area contributed by atoms with Crippen molar-refractivity contribution in [3.8, 4) is 11.5 Å². The van der Waals surface area contributed by atoms with E-state index in [1.807, 2.05) is 18.2 Å². The lowest BCUT2D eigenvalue weighted by atomic mass is 10.2. The molecule has 0 saturated heterocycles. The van der Waals surface area contributed by atoms with E-state index in [9.17, 15) is 4.79 Å². The van der Waals surface area contributed by atoms with Crippen molar-refractivity contribution in [1.82, 2.24) is 10.6 Å². The van der Waals surface area contributed by atoms with Crippen molar-refractivity contribution < 1.29 is 14.3 Å². The zero-order chi connectivity index (χ0) is 13.5. The molecule has 1 aromatic carbocycles. The van der Waals surface area contributed by atoms with E-state index in [2.05, 4.69) is 17.6 Å². The van der Waals surface area contributed by atoms with E-state index in [-0.39, 0.29) is 12.8 Å². The Hall–Kier alpha value is -1.91. The predicted octanol–water partition coefficient (Wildman–Crippen LogP) is 2.40. The van der Waals surface area contributed by atoms with Gasteiger partial charge in [0.2, 0.25) is 6.79 Å². The summed E-state index contributed by atoms with van der Waals surface area (Å²) in [5, 5.41) is 5.65. The molecule has 1 aliphatic heterocycles. The van der Waals surface area contributed by atoms with Crippen molar-refractivity contribution in [1.29, 1.82) is 0 Å². The highest BCUT2D eigenvalue weighted by Gasteiger charge is 2.13. The van der Waals surface area contributed by atoms with Crippen LogP contribution >= 0.6 is 0 Å². The van der Waals surface area contributed by atoms with Gasteiger partial charge in [-0.1, -0.05) is 25.8 Å². The van der Waals surface area contributed by atoms with Crippen LogP contribution in [0.2, 0.25) is 0 Å². The molecule has 0 unspecified atom stereocenters. The highest BCUT2D eigenvalue weighted by Crippen LogP contribution is 2.32. The summed E-state index contributed by atoms with van der Waals surface area (Å²) in [5.74, 6) is 1.50. The summed E-state index contributed by atoms with van der Waals surface area (Å²) in [5.41, 5.74) is 0.993. The largest absolute Gasteiger partial charge is 0.454 e. The lowest BCUT2D eigenvalue weighted by Gasteiger charge is -2.08. The monoisotopic (exact) mass is 264 g/mol. The van der Waals surface area contributed by atoms with Crippen LogP contribution < -0.4 is 20.1 Å². The van der Waals surface area contributed by atoms with Gasteiger partial charge in [-0.25, -0.2) is 4.79 Å². The summed E-state index contributed by atoms with van der Waals surface area (Å²) in [4.78, 5) is 11.5. The zero-order valence-corrected chi connectivity index (χ0v) is 11.2. The highest BCUT2D eigenvalue weighted by atomic mass is 16.7. The molecule has 0 bridgehead atoms. The first-order chi connectivity index (χ1) is 9.29. The van der Waals surface area contributed by atoms with Crippen LogP contribution in [0.3, 0.4) is 0 Å². The SMILES string of the molecule is CCCCCNC(=O)NCc1ccc2c(c1)OCO2. The van der Waals surface area contributed by atoms with Gasteiger partial charge in [0.1, 0.15) is 0 Å². The maximum atomic E-state index is 11.5. The minimum absolute atomic E-state index is 0.131. The molecular formula is C14H20N2O3. The van der Waals surface area contributed by atoms with Crippen molar-refractivity contribution in [2.45, 2.75) is 32.7 Å². The van der Waals surface area contributed by atoms with Crippen LogP contribution in [0.1, 0.15) is 31.7 Å². The van der Waals surface area contributed by atoms with Crippen molar-refractivity contribution in [2.75, 3.05) is 13.3 Å². The molecule has 2 rings (SSSR count). The van der Waals surface area contributed by atoms with E-state index < -0.39 is 0 Å². The number of ether oxygens (including phenoxy) is 2. The molecule has 1 heterocycles. The lowest BCUT2D eigenvalue weighted by molar-refractivity contribution is 0.174. The molecular weight excluding hydrogens is 244 g/mol. The lowest BCUT2D eigenvalue weighted by Crippen LogP contribution is -2.35. The number of rotatable bonds is 6. The molecule has 0 radical (unpaired) electrons. The molecule has 2 N–H and O–H groups in total. The minimum atomic E-state index is -0.131. The van der Waals surface area contributed by atoms with Crippen LogP contribution in [-0.2, 0) is 6.54 Å². The highest BCUT2D eigenvalue weighted by molar-refractivity contribution is 5.73. The van der Waals surface area contributed by atoms with Crippen LogP contribution in [0, 0.1) is 0 Å². The predicted molar refractivity (Wildman–Crippen MR) is 72.3 cm³/mol. The second-order valence-corrected chi connectivity index (χ2v) is 4.50. The average Bonchev–Trinajstić information content (AvgIpc) is 2.89. The summed E-state index contributed by atoms with van der Waals surface area (Å²) in [6, 6.07) is 5.54. The van der Waals surface area contributed by atoms with Crippen molar-refractivity contribution in [3.05, 3.63) is 23.8 Å². The third-order valence-corrected chi connectivity index (χ3v) is 2.96. The first-order valence-electron chi connectivity index (χ1n) is 6.70. The van der Waals surface area contributed by atoms with Crippen LogP contribution in [0.15, 0.2) is 18.2 Å². The second-order valence-electron chi connectivity index (χ2n) is 4.50. The van der Waals surface area contributed by atoms with Gasteiger partial charge in [-0.15, -0.1) is 0 Å². The molecule has 1 aromatic rings. The second kappa shape index (κ2) is 6.87. The van der Waals surface area contributed by atoms with Crippen LogP contribution in [0.25, 0.3) is 0 Å². The van der Waals surface area contributed by atoms with Gasteiger partial charge in [0.15, 0.2) is 11.5 Å². The fourth-order valence-corrected chi connectivity index (χ4v) is 1.87. The molecule has 1 aliphatic rings. The Morgan fingerprint density at radius 3 is 2.89 bits per heavy atom. The third-order valence-electron chi connectivity index (χ3n) is 2.96. The fourth-order valence-electron chi connectivity index (χ4n) is 1.87. The first-order valence-corrected chi connectivity index (χ1v) is 6.70. The maximum Gasteiger partial charge on any atom is 0.315 e. The molecule has 2 amide bonds. The molecule has 5 heteroatoms. The fraction of sp³-hybridized carbons (Fsp3) is 0.500. The van der Waals surface area contributed by atoms with Gasteiger partial charge >= 0.3 is 6.03 Å². The normalized spacial score (nSPS) is 12.3. The molecule has 0 aliphatic carbocycles. The quantitative estimate of drug-likeness (QED) is 0.776. The van der Waals surface area contributed by atoms with Crippen LogP contribution in [0.5, 0.6) is 11.5 Å². The number of amides is 2. The Morgan fingerprint density at radius 1 is 1.21 bits per heavy atom. The van der Waals surface area contributed by atoms with Crippen molar-refractivity contribution >= 4 is 6.03 Å². The Morgan fingerprint density at radius 2 is 2.05 bits per heavy atom. The smallest absolute Gasteiger partial charge is 0.315 e. The minimum Gasteiger partial charge on any atom is -0.454 e. The number of fused-ring (bicyclic) bond motifs is 1. The van der Waals surface area contributed by atoms with Gasteiger partial charge in [-0.05, 0) is 24.1 Å². The maximum absolute atomic E-state index is 11.5. The van der Waals surface area contributed by atoms with E-state index >= 15 is 0 Å². The summed E-state index contributed by atoms with van der Waals surface area (Å²) in [7, 11) is 0. The van der Waals surface area contributed by atoms with E-state index in [0.717, 1.165) is 42.9 Å². The summed E-state index contributed by atoms with van der Waals surface area (Å²) < 4.78 is 10.5. The van der Waals surface area contributed by atoms with Gasteiger partial charge < -0.3 is 20.1 Å². The summed E-state index contributed by atoms with van der Waals surface area (Å²) >= 11 is 0. The number of unbranched alkanes of at least 4 members (excludes halogenated alkanes) is 2. The molecule has 19 heavy (non-hydrogen) atoms. The average molecular weight is 264 g/mol. The van der Waals surface area contributed by atoms with Gasteiger partial charge in [-0.3, -0.25) is 0 Å². The number of carbonyl (C=O) groups is 1. The van der Waals surface area contributed by atoms with Crippen molar-refractivity contribution in [3.63, 3.8) is 0 Å². The van der Waals surface area contributed by atoms with E-state index in [4.69, 9.17) is 9.47 Å². The standard InChI is InChI=1S/C14H20N2O3/c1-2-3-4-7-15-14(17)16-9-11-5-6-12-13(8-11)19-10-18-12/h5-6,8H,2-4,7,9-10H2,1H3,(H2,15,16,17). The number of urea groups is 1. The molecule has 0 atom stereocenters. The molecule has 104 valence electrons. The van der Waals surface area contributed by atoms with Gasteiger partial charge in [-0.2, -0.15) is 0 Å². The molecule has 0 aromatic heterocycles. The Kier molecular flexibility index (Phi) is 4.89. The Bertz CT molecular complexity index is 435. The van der Waals surface area contributed by atoms with Gasteiger partial charge in [0.05, 0.1) is 0 Å². The summed E-state index contributed by atoms with van der Waals surface area (Å²) in [6.07, 6.45) is 3.32. The number of hydrogen-bond donors (Lipinski definition) is 2. The first kappa shape index (κ1) is 13.5. The number of hydrogen-bond acceptors (Lipinski definition) is 3. The number of benzene rings is 1. The summed E-state index contributed by atoms with van der Waals surface area (Å²) in [6.45, 7) is 3.61. The third kappa shape index (κ3) is 4.05. The van der Waals surface area contributed by atoms with Crippen LogP contribution in [-0.4, -0.2) is 19.4 Å². The van der Waals surface area contributed by atoms with E-state index in [1.54, 1.807) is 0 Å². The zero-order valence-electron chi connectivity index (χ0n) is 11.2. The Labute approximate surface area is 113 Å². The number of carbonyl (C=O) groups excluding carboxylic acids is 1. The molecule has 0 saturated carbocycles. The molecule has 5 nitrogen and oxygen atoms in total. The molecule has 0 spiro atoms. The van der Waals surface area contributed by atoms with E-state index in [1.165, 1.54) is 0 Å². The number of nitrogens with one attached hydrogen (secondary N) is 2.